The minimum atomic E-state index is -0.264. The smallest absolute Gasteiger partial charge is 0.337 e. The number of aliphatic imine (C=N–C) groups is 1. The van der Waals surface area contributed by atoms with Crippen molar-refractivity contribution in [3.8, 4) is 0 Å². The molecule has 0 saturated carbocycles. The minimum absolute atomic E-state index is 0.264. The van der Waals surface area contributed by atoms with Crippen LogP contribution >= 0.6 is 23.3 Å². The molecule has 0 radical (unpaired) electrons. The molecule has 1 aromatic heterocycles. The molecule has 0 bridgehead atoms. The maximum absolute atomic E-state index is 12.1. The highest BCUT2D eigenvalue weighted by Gasteiger charge is 2.33. The van der Waals surface area contributed by atoms with E-state index in [1.54, 1.807) is 29.5 Å². The van der Waals surface area contributed by atoms with Crippen LogP contribution in [-0.4, -0.2) is 58.6 Å². The summed E-state index contributed by atoms with van der Waals surface area (Å²) in [5.74, 6) is 1.32. The number of ether oxygens (including phenoxy) is 1. The van der Waals surface area contributed by atoms with Gasteiger partial charge in [0.25, 0.3) is 0 Å². The summed E-state index contributed by atoms with van der Waals surface area (Å²) in [7, 11) is 2.02. The van der Waals surface area contributed by atoms with E-state index in [1.165, 1.54) is 0 Å². The first-order chi connectivity index (χ1) is 10.2. The van der Waals surface area contributed by atoms with Crippen LogP contribution in [-0.2, 0) is 9.53 Å². The van der Waals surface area contributed by atoms with Gasteiger partial charge in [-0.3, -0.25) is 4.99 Å². The average molecular weight is 324 g/mol. The zero-order valence-corrected chi connectivity index (χ0v) is 13.5. The lowest BCUT2D eigenvalue weighted by atomic mass is 10.1. The Hall–Kier alpha value is -1.38. The van der Waals surface area contributed by atoms with E-state index >= 15 is 0 Å². The number of fused-ring (bicyclic) bond motifs is 1. The Morgan fingerprint density at radius 2 is 2.38 bits per heavy atom. The van der Waals surface area contributed by atoms with Gasteiger partial charge in [-0.15, -0.1) is 11.3 Å². The topological polar surface area (TPSA) is 58.0 Å². The monoisotopic (exact) mass is 324 g/mol. The molecule has 0 aromatic carbocycles. The Bertz CT molecular complexity index is 597. The van der Waals surface area contributed by atoms with Crippen LogP contribution in [0.1, 0.15) is 11.9 Å². The highest BCUT2D eigenvalue weighted by atomic mass is 32.2. The van der Waals surface area contributed by atoms with Gasteiger partial charge in [0.15, 0.2) is 10.8 Å². The maximum Gasteiger partial charge on any atom is 0.337 e. The number of carbonyl (C=O) groups excluding carboxylic acids is 1. The van der Waals surface area contributed by atoms with Crippen molar-refractivity contribution < 1.29 is 9.53 Å². The third kappa shape index (κ3) is 2.83. The van der Waals surface area contributed by atoms with E-state index < -0.39 is 0 Å². The van der Waals surface area contributed by atoms with Gasteiger partial charge in [-0.1, -0.05) is 11.9 Å². The van der Waals surface area contributed by atoms with Gasteiger partial charge in [0.05, 0.1) is 24.6 Å². The zero-order valence-electron chi connectivity index (χ0n) is 11.9. The summed E-state index contributed by atoms with van der Waals surface area (Å²) < 4.78 is 7.28. The molecule has 1 aromatic rings. The number of carbonyl (C=O) groups is 1. The molecule has 0 spiro atoms. The standard InChI is InChI=1S/C13H16N4O2S2/c1-3-19-13(18)9-6-15-11(12-14-4-5-20-12)17-8-21-16(2)7-10(9)17/h4-5H,3,6-8H2,1-2H3. The first kappa shape index (κ1) is 14.6. The Morgan fingerprint density at radius 1 is 1.52 bits per heavy atom. The molecule has 3 rings (SSSR count). The van der Waals surface area contributed by atoms with Gasteiger partial charge in [-0.05, 0) is 14.0 Å². The van der Waals surface area contributed by atoms with Gasteiger partial charge >= 0.3 is 5.97 Å². The van der Waals surface area contributed by atoms with Crippen LogP contribution in [0.25, 0.3) is 0 Å². The summed E-state index contributed by atoms with van der Waals surface area (Å²) in [6.07, 6.45) is 1.77. The van der Waals surface area contributed by atoms with Crippen LogP contribution in [0, 0.1) is 0 Å². The molecule has 112 valence electrons. The van der Waals surface area contributed by atoms with E-state index in [-0.39, 0.29) is 5.97 Å². The van der Waals surface area contributed by atoms with Crippen molar-refractivity contribution in [3.63, 3.8) is 0 Å². The molecule has 8 heteroatoms. The van der Waals surface area contributed by atoms with Gasteiger partial charge in [-0.25, -0.2) is 14.1 Å². The van der Waals surface area contributed by atoms with Crippen LogP contribution in [0.4, 0.5) is 0 Å². The van der Waals surface area contributed by atoms with E-state index in [4.69, 9.17) is 4.74 Å². The summed E-state index contributed by atoms with van der Waals surface area (Å²) in [4.78, 5) is 23.1. The third-order valence-electron chi connectivity index (χ3n) is 3.24. The van der Waals surface area contributed by atoms with Crippen molar-refractivity contribution >= 4 is 35.1 Å². The van der Waals surface area contributed by atoms with E-state index in [0.717, 1.165) is 22.4 Å². The van der Waals surface area contributed by atoms with Crippen LogP contribution < -0.4 is 0 Å². The van der Waals surface area contributed by atoms with Crippen molar-refractivity contribution in [2.75, 3.05) is 32.6 Å². The molecular weight excluding hydrogens is 308 g/mol. The zero-order chi connectivity index (χ0) is 14.8. The van der Waals surface area contributed by atoms with E-state index in [1.807, 2.05) is 19.4 Å². The lowest BCUT2D eigenvalue weighted by Crippen LogP contribution is -2.44. The lowest BCUT2D eigenvalue weighted by Gasteiger charge is -2.38. The molecule has 21 heavy (non-hydrogen) atoms. The third-order valence-corrected chi connectivity index (χ3v) is 4.95. The van der Waals surface area contributed by atoms with Gasteiger partial charge in [0, 0.05) is 23.8 Å². The Balaban J connectivity index is 1.95. The molecule has 0 aliphatic carbocycles. The number of nitrogens with zero attached hydrogens (tertiary/aromatic N) is 4. The summed E-state index contributed by atoms with van der Waals surface area (Å²) >= 11 is 3.26. The summed E-state index contributed by atoms with van der Waals surface area (Å²) in [5.41, 5.74) is 1.64. The average Bonchev–Trinajstić information content (AvgIpc) is 3.00. The normalized spacial score (nSPS) is 19.3. The molecule has 0 amide bonds. The predicted molar refractivity (Wildman–Crippen MR) is 84.1 cm³/mol. The van der Waals surface area contributed by atoms with Crippen LogP contribution in [0.2, 0.25) is 0 Å². The maximum atomic E-state index is 12.1. The predicted octanol–water partition coefficient (Wildman–Crippen LogP) is 1.57. The molecule has 1 fully saturated rings. The molecule has 3 heterocycles. The van der Waals surface area contributed by atoms with Crippen LogP contribution in [0.15, 0.2) is 27.8 Å². The molecule has 2 aliphatic rings. The molecular formula is C13H16N4O2S2. The van der Waals surface area contributed by atoms with E-state index in [2.05, 4.69) is 19.2 Å². The molecule has 1 saturated heterocycles. The Morgan fingerprint density at radius 3 is 3.10 bits per heavy atom. The fourth-order valence-corrected chi connectivity index (χ4v) is 3.73. The van der Waals surface area contributed by atoms with Crippen molar-refractivity contribution in [2.24, 2.45) is 4.99 Å². The lowest BCUT2D eigenvalue weighted by molar-refractivity contribution is -0.138. The number of hydrogen-bond donors (Lipinski definition) is 0. The quantitative estimate of drug-likeness (QED) is 0.621. The van der Waals surface area contributed by atoms with E-state index in [9.17, 15) is 4.79 Å². The number of thiazole rings is 1. The second kappa shape index (κ2) is 6.17. The number of likely N-dealkylation sites (N-methyl/N-ethyl adjacent to an activating group) is 1. The first-order valence-corrected chi connectivity index (χ1v) is 8.48. The molecule has 0 atom stereocenters. The van der Waals surface area contributed by atoms with Gasteiger partial charge < -0.3 is 9.64 Å². The molecule has 0 unspecified atom stereocenters. The summed E-state index contributed by atoms with van der Waals surface area (Å²) in [6.45, 7) is 3.25. The van der Waals surface area contributed by atoms with Gasteiger partial charge in [0.2, 0.25) is 0 Å². The minimum Gasteiger partial charge on any atom is -0.463 e. The summed E-state index contributed by atoms with van der Waals surface area (Å²) in [5, 5.41) is 2.83. The molecule has 0 N–H and O–H groups in total. The number of rotatable bonds is 3. The molecule has 2 aliphatic heterocycles. The van der Waals surface area contributed by atoms with Gasteiger partial charge in [-0.2, -0.15) is 0 Å². The highest BCUT2D eigenvalue weighted by Crippen LogP contribution is 2.30. The second-order valence-electron chi connectivity index (χ2n) is 4.60. The van der Waals surface area contributed by atoms with Gasteiger partial charge in [0.1, 0.15) is 0 Å². The fraction of sp³-hybridized carbons (Fsp3) is 0.462. The van der Waals surface area contributed by atoms with Crippen molar-refractivity contribution in [3.05, 3.63) is 27.9 Å². The number of amidine groups is 1. The largest absolute Gasteiger partial charge is 0.463 e. The Kier molecular flexibility index (Phi) is 4.27. The van der Waals surface area contributed by atoms with Crippen molar-refractivity contribution in [1.29, 1.82) is 0 Å². The number of aromatic nitrogens is 1. The second-order valence-corrected chi connectivity index (χ2v) is 6.63. The van der Waals surface area contributed by atoms with Crippen LogP contribution in [0.5, 0.6) is 0 Å². The van der Waals surface area contributed by atoms with E-state index in [0.29, 0.717) is 25.3 Å². The van der Waals surface area contributed by atoms with Crippen molar-refractivity contribution in [1.82, 2.24) is 14.2 Å². The number of esters is 1. The SMILES string of the molecule is CCOC(=O)C1=C2CN(C)SCN2C(c2nccs2)=NC1. The molecule has 6 nitrogen and oxygen atoms in total. The summed E-state index contributed by atoms with van der Waals surface area (Å²) in [6, 6.07) is 0. The highest BCUT2D eigenvalue weighted by molar-refractivity contribution is 7.97. The number of hydrogen-bond acceptors (Lipinski definition) is 8. The van der Waals surface area contributed by atoms with Crippen molar-refractivity contribution in [2.45, 2.75) is 6.92 Å². The fourth-order valence-electron chi connectivity index (χ4n) is 2.27. The van der Waals surface area contributed by atoms with Crippen LogP contribution in [0.3, 0.4) is 0 Å². The first-order valence-electron chi connectivity index (χ1n) is 6.65. The Labute approximate surface area is 131 Å².